The van der Waals surface area contributed by atoms with Crippen molar-refractivity contribution in [3.63, 3.8) is 0 Å². The van der Waals surface area contributed by atoms with Crippen molar-refractivity contribution < 1.29 is 9.90 Å². The number of aliphatic carboxylic acids is 1. The zero-order valence-corrected chi connectivity index (χ0v) is 8.81. The number of likely N-dealkylation sites (N-methyl/N-ethyl adjacent to an activating group) is 1. The van der Waals surface area contributed by atoms with Gasteiger partial charge in [0.15, 0.2) is 0 Å². The summed E-state index contributed by atoms with van der Waals surface area (Å²) in [5.74, 6) is -0.849. The summed E-state index contributed by atoms with van der Waals surface area (Å²) in [7, 11) is 1.93. The quantitative estimate of drug-likeness (QED) is 0.630. The van der Waals surface area contributed by atoms with Crippen LogP contribution >= 0.6 is 0 Å². The van der Waals surface area contributed by atoms with Crippen LogP contribution in [0, 0.1) is 0 Å². The summed E-state index contributed by atoms with van der Waals surface area (Å²) in [5, 5.41) is 8.55. The van der Waals surface area contributed by atoms with Crippen molar-refractivity contribution in [3.8, 4) is 0 Å². The van der Waals surface area contributed by atoms with Crippen LogP contribution in [0.4, 0.5) is 0 Å². The number of nitrogens with one attached hydrogen (secondary N) is 1. The predicted molar refractivity (Wildman–Crippen MR) is 57.4 cm³/mol. The van der Waals surface area contributed by atoms with Crippen LogP contribution < -0.4 is 5.73 Å². The third-order valence-corrected chi connectivity index (χ3v) is 2.10. The Kier molecular flexibility index (Phi) is 4.33. The summed E-state index contributed by atoms with van der Waals surface area (Å²) in [6.07, 6.45) is 3.79. The number of carboxylic acids is 1. The Hall–Kier alpha value is -1.33. The predicted octanol–water partition coefficient (Wildman–Crippen LogP) is 0.249. The molecule has 0 aliphatic rings. The number of aromatic amines is 1. The molecule has 1 unspecified atom stereocenters. The number of rotatable bonds is 6. The zero-order chi connectivity index (χ0) is 11.3. The number of aromatic nitrogens is 1. The number of nitrogens with two attached hydrogens (primary N) is 1. The van der Waals surface area contributed by atoms with E-state index >= 15 is 0 Å². The van der Waals surface area contributed by atoms with Gasteiger partial charge in [0.1, 0.15) is 0 Å². The Morgan fingerprint density at radius 1 is 1.73 bits per heavy atom. The normalized spacial score (nSPS) is 13.0. The second-order valence-corrected chi connectivity index (χ2v) is 3.77. The zero-order valence-electron chi connectivity index (χ0n) is 8.81. The van der Waals surface area contributed by atoms with E-state index in [1.807, 2.05) is 30.4 Å². The lowest BCUT2D eigenvalue weighted by Crippen LogP contribution is -2.36. The fourth-order valence-electron chi connectivity index (χ4n) is 1.52. The highest BCUT2D eigenvalue weighted by molar-refractivity contribution is 5.67. The van der Waals surface area contributed by atoms with Gasteiger partial charge < -0.3 is 20.7 Å². The molecule has 5 nitrogen and oxygen atoms in total. The molecule has 4 N–H and O–H groups in total. The first-order valence-corrected chi connectivity index (χ1v) is 4.85. The van der Waals surface area contributed by atoms with Crippen LogP contribution in [0.25, 0.3) is 0 Å². The Labute approximate surface area is 88.9 Å². The Balaban J connectivity index is 2.29. The number of carbonyl (C=O) groups is 1. The third-order valence-electron chi connectivity index (χ3n) is 2.10. The van der Waals surface area contributed by atoms with Gasteiger partial charge in [-0.15, -0.1) is 0 Å². The maximum absolute atomic E-state index is 10.4. The first-order valence-electron chi connectivity index (χ1n) is 4.85. The topological polar surface area (TPSA) is 82.3 Å². The summed E-state index contributed by atoms with van der Waals surface area (Å²) in [4.78, 5) is 15.4. The molecule has 15 heavy (non-hydrogen) atoms. The maximum Gasteiger partial charge on any atom is 0.304 e. The summed E-state index contributed by atoms with van der Waals surface area (Å²) in [6, 6.07) is 1.67. The fraction of sp³-hybridized carbons (Fsp3) is 0.500. The van der Waals surface area contributed by atoms with Gasteiger partial charge in [-0.05, 0) is 18.7 Å². The van der Waals surface area contributed by atoms with E-state index in [1.54, 1.807) is 0 Å². The van der Waals surface area contributed by atoms with E-state index in [2.05, 4.69) is 4.98 Å². The molecule has 0 saturated carbocycles. The molecular weight excluding hydrogens is 194 g/mol. The van der Waals surface area contributed by atoms with E-state index in [9.17, 15) is 4.79 Å². The lowest BCUT2D eigenvalue weighted by atomic mass is 10.2. The summed E-state index contributed by atoms with van der Waals surface area (Å²) in [5.41, 5.74) is 6.84. The number of nitrogens with zero attached hydrogens (tertiary/aromatic N) is 1. The molecule has 0 spiro atoms. The molecule has 0 aliphatic heterocycles. The van der Waals surface area contributed by atoms with Crippen LogP contribution in [-0.2, 0) is 11.3 Å². The van der Waals surface area contributed by atoms with Gasteiger partial charge in [0.25, 0.3) is 0 Å². The average molecular weight is 211 g/mol. The number of carboxylic acid groups (broad SMARTS) is 1. The van der Waals surface area contributed by atoms with Gasteiger partial charge in [-0.1, -0.05) is 0 Å². The monoisotopic (exact) mass is 211 g/mol. The largest absolute Gasteiger partial charge is 0.481 e. The molecule has 0 fully saturated rings. The number of hydrogen-bond acceptors (Lipinski definition) is 3. The molecule has 1 rings (SSSR count). The standard InChI is InChI=1S/C10H17N3O2/c1-13(6-8-2-3-12-5-8)7-9(11)4-10(14)15/h2-3,5,9,12H,4,6-7,11H2,1H3,(H,14,15). The van der Waals surface area contributed by atoms with Gasteiger partial charge in [-0.3, -0.25) is 4.79 Å². The van der Waals surface area contributed by atoms with E-state index in [0.29, 0.717) is 6.54 Å². The van der Waals surface area contributed by atoms with Gasteiger partial charge in [0.05, 0.1) is 6.42 Å². The van der Waals surface area contributed by atoms with Crippen molar-refractivity contribution in [2.75, 3.05) is 13.6 Å². The summed E-state index contributed by atoms with van der Waals surface area (Å²) in [6.45, 7) is 1.36. The molecular formula is C10H17N3O2. The van der Waals surface area contributed by atoms with Gasteiger partial charge in [-0.25, -0.2) is 0 Å². The van der Waals surface area contributed by atoms with Gasteiger partial charge in [0.2, 0.25) is 0 Å². The van der Waals surface area contributed by atoms with Crippen LogP contribution in [0.5, 0.6) is 0 Å². The minimum atomic E-state index is -0.849. The van der Waals surface area contributed by atoms with Crippen molar-refractivity contribution in [2.45, 2.75) is 19.0 Å². The Morgan fingerprint density at radius 3 is 3.00 bits per heavy atom. The number of hydrogen-bond donors (Lipinski definition) is 3. The Bertz CT molecular complexity index is 298. The van der Waals surface area contributed by atoms with Gasteiger partial charge in [0, 0.05) is 31.5 Å². The minimum Gasteiger partial charge on any atom is -0.481 e. The molecule has 1 atom stereocenters. The summed E-state index contributed by atoms with van der Waals surface area (Å²) >= 11 is 0. The molecule has 0 radical (unpaired) electrons. The molecule has 0 amide bonds. The van der Waals surface area contributed by atoms with Gasteiger partial charge in [-0.2, -0.15) is 0 Å². The van der Waals surface area contributed by atoms with Crippen molar-refractivity contribution in [1.29, 1.82) is 0 Å². The smallest absolute Gasteiger partial charge is 0.304 e. The van der Waals surface area contributed by atoms with Crippen molar-refractivity contribution >= 4 is 5.97 Å². The first kappa shape index (κ1) is 11.7. The molecule has 84 valence electrons. The molecule has 1 aromatic rings. The first-order chi connectivity index (χ1) is 7.08. The van der Waals surface area contributed by atoms with Crippen molar-refractivity contribution in [1.82, 2.24) is 9.88 Å². The van der Waals surface area contributed by atoms with E-state index in [0.717, 1.165) is 6.54 Å². The van der Waals surface area contributed by atoms with Crippen LogP contribution in [0.15, 0.2) is 18.5 Å². The van der Waals surface area contributed by atoms with Gasteiger partial charge >= 0.3 is 5.97 Å². The number of H-pyrrole nitrogens is 1. The molecule has 0 aromatic carbocycles. The molecule has 0 saturated heterocycles. The van der Waals surface area contributed by atoms with E-state index in [4.69, 9.17) is 10.8 Å². The minimum absolute atomic E-state index is 0.0114. The van der Waals surface area contributed by atoms with Crippen LogP contribution in [0.2, 0.25) is 0 Å². The fourth-order valence-corrected chi connectivity index (χ4v) is 1.52. The maximum atomic E-state index is 10.4. The van der Waals surface area contributed by atoms with Crippen molar-refractivity contribution in [2.24, 2.45) is 5.73 Å². The highest BCUT2D eigenvalue weighted by atomic mass is 16.4. The van der Waals surface area contributed by atoms with E-state index in [-0.39, 0.29) is 12.5 Å². The molecule has 5 heteroatoms. The van der Waals surface area contributed by atoms with Crippen LogP contribution in [0.1, 0.15) is 12.0 Å². The SMILES string of the molecule is CN(Cc1cc[nH]c1)CC(N)CC(=O)O. The molecule has 1 aromatic heterocycles. The second kappa shape index (κ2) is 5.53. The Morgan fingerprint density at radius 2 is 2.47 bits per heavy atom. The third kappa shape index (κ3) is 4.62. The molecule has 0 bridgehead atoms. The van der Waals surface area contributed by atoms with E-state index in [1.165, 1.54) is 5.56 Å². The summed E-state index contributed by atoms with van der Waals surface area (Å²) < 4.78 is 0. The highest BCUT2D eigenvalue weighted by Crippen LogP contribution is 2.02. The van der Waals surface area contributed by atoms with Crippen LogP contribution in [0.3, 0.4) is 0 Å². The average Bonchev–Trinajstić information content (AvgIpc) is 2.53. The molecule has 0 aliphatic carbocycles. The lowest BCUT2D eigenvalue weighted by Gasteiger charge is -2.19. The molecule has 1 heterocycles. The van der Waals surface area contributed by atoms with Crippen molar-refractivity contribution in [3.05, 3.63) is 24.0 Å². The highest BCUT2D eigenvalue weighted by Gasteiger charge is 2.10. The second-order valence-electron chi connectivity index (χ2n) is 3.77. The van der Waals surface area contributed by atoms with E-state index < -0.39 is 5.97 Å². The lowest BCUT2D eigenvalue weighted by molar-refractivity contribution is -0.137. The van der Waals surface area contributed by atoms with Crippen LogP contribution in [-0.4, -0.2) is 40.6 Å².